The van der Waals surface area contributed by atoms with E-state index in [0.29, 0.717) is 10.5 Å². The minimum absolute atomic E-state index is 0. The van der Waals surface area contributed by atoms with Crippen LogP contribution in [0.4, 0.5) is 24.5 Å². The Hall–Kier alpha value is -3.12. The molecule has 1 aromatic heterocycles. The van der Waals surface area contributed by atoms with Crippen LogP contribution in [0, 0.1) is 5.41 Å². The summed E-state index contributed by atoms with van der Waals surface area (Å²) in [5.41, 5.74) is -1.26. The number of hydrogen-bond donors (Lipinski definition) is 5. The van der Waals surface area contributed by atoms with E-state index >= 15 is 0 Å². The molecule has 0 bridgehead atoms. The molecular formula is C19H21F3N4O3S. The summed E-state index contributed by atoms with van der Waals surface area (Å²) in [6, 6.07) is 12.9. The number of aromatic nitrogens is 1. The maximum Gasteiger partial charge on any atom is 0.418 e. The monoisotopic (exact) mass is 442 g/mol. The van der Waals surface area contributed by atoms with Gasteiger partial charge in [0.25, 0.3) is 5.56 Å². The predicted molar refractivity (Wildman–Crippen MR) is 114 cm³/mol. The van der Waals surface area contributed by atoms with E-state index < -0.39 is 17.3 Å². The molecule has 162 valence electrons. The van der Waals surface area contributed by atoms with Crippen LogP contribution < -0.4 is 17.0 Å². The number of hydrogen-bond acceptors (Lipinski definition) is 5. The first-order chi connectivity index (χ1) is 12.8. The largest absolute Gasteiger partial charge is 0.418 e. The summed E-state index contributed by atoms with van der Waals surface area (Å²) in [5, 5.41) is 11.0. The summed E-state index contributed by atoms with van der Waals surface area (Å²) in [7, 11) is 0. The minimum Gasteiger partial charge on any atom is -0.412 e. The summed E-state index contributed by atoms with van der Waals surface area (Å²) in [4.78, 5) is 15.5. The minimum atomic E-state index is -4.55. The maximum atomic E-state index is 13.2. The molecule has 0 aliphatic rings. The highest BCUT2D eigenvalue weighted by Gasteiger charge is 2.33. The molecule has 0 unspecified atom stereocenters. The molecule has 3 rings (SSSR count). The number of nitrogens with one attached hydrogen (secondary N) is 3. The lowest BCUT2D eigenvalue weighted by atomic mass is 10.0. The van der Waals surface area contributed by atoms with Crippen molar-refractivity contribution in [2.45, 2.75) is 11.1 Å². The van der Waals surface area contributed by atoms with Crippen molar-refractivity contribution in [2.75, 3.05) is 5.32 Å². The third-order valence-corrected chi connectivity index (χ3v) is 4.17. The first-order valence-corrected chi connectivity index (χ1v) is 8.25. The number of benzene rings is 2. The van der Waals surface area contributed by atoms with Crippen LogP contribution >= 0.6 is 12.6 Å². The van der Waals surface area contributed by atoms with Gasteiger partial charge in [-0.25, -0.2) is 0 Å². The molecule has 0 saturated heterocycles. The highest BCUT2D eigenvalue weighted by atomic mass is 32.1. The topological polar surface area (TPSA) is 167 Å². The average molecular weight is 442 g/mol. The van der Waals surface area contributed by atoms with Crippen molar-refractivity contribution >= 4 is 29.7 Å². The lowest BCUT2D eigenvalue weighted by Gasteiger charge is -2.16. The average Bonchev–Trinajstić information content (AvgIpc) is 2.61. The number of halogens is 3. The Kier molecular flexibility index (Phi) is 9.50. The van der Waals surface area contributed by atoms with E-state index in [9.17, 15) is 18.0 Å². The highest BCUT2D eigenvalue weighted by Crippen LogP contribution is 2.36. The molecule has 7 nitrogen and oxygen atoms in total. The lowest BCUT2D eigenvalue weighted by Crippen LogP contribution is -2.20. The second-order valence-electron chi connectivity index (χ2n) is 5.69. The summed E-state index contributed by atoms with van der Waals surface area (Å²) in [6.07, 6.45) is -3.24. The normalized spacial score (nSPS) is 10.1. The molecule has 0 radical (unpaired) electrons. The van der Waals surface area contributed by atoms with Crippen LogP contribution in [0.3, 0.4) is 0 Å². The molecule has 3 aromatic rings. The van der Waals surface area contributed by atoms with Crippen LogP contribution in [0.5, 0.6) is 0 Å². The molecule has 0 saturated carbocycles. The fourth-order valence-electron chi connectivity index (χ4n) is 2.59. The highest BCUT2D eigenvalue weighted by molar-refractivity contribution is 7.80. The Morgan fingerprint density at radius 2 is 1.57 bits per heavy atom. The third kappa shape index (κ3) is 5.70. The fraction of sp³-hybridized carbons (Fsp3) is 0.0526. The number of para-hydroxylation sites is 1. The molecule has 0 fully saturated rings. The Labute approximate surface area is 175 Å². The Morgan fingerprint density at radius 3 is 2.17 bits per heavy atom. The summed E-state index contributed by atoms with van der Waals surface area (Å²) >= 11 is 4.18. The van der Waals surface area contributed by atoms with Gasteiger partial charge < -0.3 is 27.4 Å². The van der Waals surface area contributed by atoms with Gasteiger partial charge in [-0.2, -0.15) is 13.2 Å². The quantitative estimate of drug-likeness (QED) is 0.309. The van der Waals surface area contributed by atoms with Crippen molar-refractivity contribution in [2.24, 2.45) is 0 Å². The standard InChI is InChI=1S/C19H14F3N3OS.H3N.2H2O/c20-19(21,22)13-3-1-2-4-14(13)25-15-9-10-24-18(26)16(15)17(23)11-5-7-12(27)8-6-11;;;/h1-10,23,27H,(H2,24,25,26);1H3;2*1H2. The van der Waals surface area contributed by atoms with Crippen molar-refractivity contribution in [1.29, 1.82) is 5.41 Å². The number of aromatic amines is 1. The molecule has 2 aromatic carbocycles. The summed E-state index contributed by atoms with van der Waals surface area (Å²) in [6.45, 7) is 0. The predicted octanol–water partition coefficient (Wildman–Crippen LogP) is 3.35. The zero-order valence-electron chi connectivity index (χ0n) is 15.5. The summed E-state index contributed by atoms with van der Waals surface area (Å²) in [5.74, 6) is 0. The number of rotatable bonds is 4. The fourth-order valence-corrected chi connectivity index (χ4v) is 2.74. The van der Waals surface area contributed by atoms with Crippen LogP contribution in [0.2, 0.25) is 0 Å². The van der Waals surface area contributed by atoms with Crippen molar-refractivity contribution in [3.63, 3.8) is 0 Å². The van der Waals surface area contributed by atoms with E-state index in [1.165, 1.54) is 30.5 Å². The van der Waals surface area contributed by atoms with E-state index in [2.05, 4.69) is 22.9 Å². The molecule has 30 heavy (non-hydrogen) atoms. The van der Waals surface area contributed by atoms with E-state index in [-0.39, 0.29) is 39.8 Å². The van der Waals surface area contributed by atoms with Crippen molar-refractivity contribution in [1.82, 2.24) is 11.1 Å². The first-order valence-electron chi connectivity index (χ1n) is 7.80. The lowest BCUT2D eigenvalue weighted by molar-refractivity contribution is -0.136. The van der Waals surface area contributed by atoms with Gasteiger partial charge in [-0.1, -0.05) is 24.3 Å². The van der Waals surface area contributed by atoms with Gasteiger partial charge in [0.15, 0.2) is 0 Å². The zero-order chi connectivity index (χ0) is 19.6. The Morgan fingerprint density at radius 1 is 0.967 bits per heavy atom. The molecule has 11 heteroatoms. The van der Waals surface area contributed by atoms with Gasteiger partial charge in [-0.15, -0.1) is 12.6 Å². The Bertz CT molecular complexity index is 1050. The molecule has 10 N–H and O–H groups in total. The number of thiol groups is 1. The number of anilines is 2. The van der Waals surface area contributed by atoms with Crippen LogP contribution in [0.15, 0.2) is 70.5 Å². The molecule has 0 aliphatic carbocycles. The summed E-state index contributed by atoms with van der Waals surface area (Å²) < 4.78 is 39.7. The van der Waals surface area contributed by atoms with Gasteiger partial charge in [0.2, 0.25) is 0 Å². The van der Waals surface area contributed by atoms with Gasteiger partial charge in [-0.3, -0.25) is 10.2 Å². The molecule has 0 aliphatic heterocycles. The molecule has 1 heterocycles. The zero-order valence-corrected chi connectivity index (χ0v) is 16.4. The van der Waals surface area contributed by atoms with Crippen LogP contribution in [-0.2, 0) is 6.18 Å². The van der Waals surface area contributed by atoms with Crippen molar-refractivity contribution in [3.05, 3.63) is 87.8 Å². The smallest absolute Gasteiger partial charge is 0.412 e. The van der Waals surface area contributed by atoms with Crippen LogP contribution in [-0.4, -0.2) is 21.6 Å². The van der Waals surface area contributed by atoms with Crippen molar-refractivity contribution < 1.29 is 24.1 Å². The van der Waals surface area contributed by atoms with Gasteiger partial charge >= 0.3 is 6.18 Å². The first kappa shape index (κ1) is 26.9. The Balaban J connectivity index is 0.00000280. The van der Waals surface area contributed by atoms with Gasteiger partial charge in [0, 0.05) is 16.7 Å². The van der Waals surface area contributed by atoms with E-state index in [0.717, 1.165) is 6.07 Å². The van der Waals surface area contributed by atoms with Gasteiger partial charge in [0.05, 0.1) is 28.2 Å². The maximum absolute atomic E-state index is 13.2. The van der Waals surface area contributed by atoms with Crippen molar-refractivity contribution in [3.8, 4) is 0 Å². The third-order valence-electron chi connectivity index (χ3n) is 3.87. The number of alkyl halides is 3. The van der Waals surface area contributed by atoms with Crippen LogP contribution in [0.25, 0.3) is 0 Å². The SMILES string of the molecule is N.N=C(c1ccc(S)cc1)c1c(Nc2ccccc2C(F)(F)F)cc[nH]c1=O.O.O. The van der Waals surface area contributed by atoms with Crippen LogP contribution in [0.1, 0.15) is 16.7 Å². The second kappa shape index (κ2) is 10.6. The molecular weight excluding hydrogens is 421 g/mol. The van der Waals surface area contributed by atoms with E-state index in [1.54, 1.807) is 24.3 Å². The van der Waals surface area contributed by atoms with E-state index in [1.807, 2.05) is 0 Å². The second-order valence-corrected chi connectivity index (χ2v) is 6.20. The molecule has 0 amide bonds. The number of H-pyrrole nitrogens is 1. The molecule has 0 spiro atoms. The van der Waals surface area contributed by atoms with Gasteiger partial charge in [0.1, 0.15) is 0 Å². The number of pyridine rings is 1. The van der Waals surface area contributed by atoms with Gasteiger partial charge in [-0.05, 0) is 30.3 Å². The van der Waals surface area contributed by atoms with E-state index in [4.69, 9.17) is 5.41 Å². The molecule has 0 atom stereocenters.